The Labute approximate surface area is 111 Å². The molecule has 1 atom stereocenters. The number of nitrogens with zero attached hydrogens (tertiary/aromatic N) is 1. The molecule has 0 saturated carbocycles. The summed E-state index contributed by atoms with van der Waals surface area (Å²) in [6.45, 7) is 2.68. The molecule has 102 valence electrons. The number of amides is 1. The van der Waals surface area contributed by atoms with Crippen LogP contribution in [0.3, 0.4) is 0 Å². The molecule has 1 amide bonds. The second-order valence-corrected chi connectivity index (χ2v) is 4.46. The van der Waals surface area contributed by atoms with Gasteiger partial charge in [-0.2, -0.15) is 0 Å². The van der Waals surface area contributed by atoms with Crippen LogP contribution >= 0.6 is 0 Å². The summed E-state index contributed by atoms with van der Waals surface area (Å²) >= 11 is 0. The van der Waals surface area contributed by atoms with E-state index < -0.39 is 6.10 Å². The van der Waals surface area contributed by atoms with Crippen molar-refractivity contribution in [1.82, 2.24) is 5.32 Å². The zero-order chi connectivity index (χ0) is 13.7. The van der Waals surface area contributed by atoms with E-state index in [0.717, 1.165) is 12.8 Å². The molecule has 0 radical (unpaired) electrons. The Morgan fingerprint density at radius 2 is 2.32 bits per heavy atom. The van der Waals surface area contributed by atoms with Crippen LogP contribution in [0.4, 0.5) is 4.39 Å². The molecule has 1 aliphatic heterocycles. The van der Waals surface area contributed by atoms with Crippen molar-refractivity contribution in [2.24, 2.45) is 5.16 Å². The van der Waals surface area contributed by atoms with Crippen LogP contribution < -0.4 is 5.32 Å². The largest absolute Gasteiger partial charge is 0.382 e. The molecule has 1 N–H and O–H groups in total. The molecular weight excluding hydrogens is 247 g/mol. The summed E-state index contributed by atoms with van der Waals surface area (Å²) in [6, 6.07) is 6.35. The summed E-state index contributed by atoms with van der Waals surface area (Å²) in [5.74, 6) is -0.541. The van der Waals surface area contributed by atoms with Crippen LogP contribution in [0.25, 0.3) is 0 Å². The molecule has 1 heterocycles. The standard InChI is InChI=1S/C14H17FN2O2/c1-2-3-8-16-14(18)13-9-12(17-19-13)10-6-4-5-7-11(10)15/h4-7,13H,2-3,8-9H2,1H3,(H,16,18)/t13-/m0/s1. The second kappa shape index (κ2) is 6.31. The van der Waals surface area contributed by atoms with Crippen molar-refractivity contribution in [3.8, 4) is 0 Å². The van der Waals surface area contributed by atoms with Crippen molar-refractivity contribution < 1.29 is 14.0 Å². The fourth-order valence-corrected chi connectivity index (χ4v) is 1.87. The molecule has 0 saturated heterocycles. The maximum atomic E-state index is 13.6. The van der Waals surface area contributed by atoms with Gasteiger partial charge in [-0.1, -0.05) is 36.7 Å². The minimum Gasteiger partial charge on any atom is -0.382 e. The highest BCUT2D eigenvalue weighted by atomic mass is 19.1. The minimum absolute atomic E-state index is 0.191. The zero-order valence-electron chi connectivity index (χ0n) is 10.9. The SMILES string of the molecule is CCCCNC(=O)[C@@H]1CC(c2ccccc2F)=NO1. The monoisotopic (exact) mass is 264 g/mol. The lowest BCUT2D eigenvalue weighted by Gasteiger charge is -2.08. The van der Waals surface area contributed by atoms with Crippen molar-refractivity contribution in [3.05, 3.63) is 35.6 Å². The lowest BCUT2D eigenvalue weighted by Crippen LogP contribution is -2.35. The maximum absolute atomic E-state index is 13.6. The Kier molecular flexibility index (Phi) is 4.49. The van der Waals surface area contributed by atoms with Gasteiger partial charge < -0.3 is 10.2 Å². The Hall–Kier alpha value is -1.91. The number of carbonyl (C=O) groups excluding carboxylic acids is 1. The van der Waals surface area contributed by atoms with E-state index in [4.69, 9.17) is 4.84 Å². The molecule has 2 rings (SSSR count). The molecule has 5 heteroatoms. The lowest BCUT2D eigenvalue weighted by atomic mass is 10.0. The van der Waals surface area contributed by atoms with Crippen LogP contribution in [0.15, 0.2) is 29.4 Å². The van der Waals surface area contributed by atoms with Crippen LogP contribution in [-0.2, 0) is 9.63 Å². The number of carbonyl (C=O) groups is 1. The zero-order valence-corrected chi connectivity index (χ0v) is 10.9. The van der Waals surface area contributed by atoms with Crippen molar-refractivity contribution in [2.45, 2.75) is 32.3 Å². The van der Waals surface area contributed by atoms with Gasteiger partial charge in [-0.05, 0) is 12.5 Å². The molecule has 0 bridgehead atoms. The van der Waals surface area contributed by atoms with Gasteiger partial charge in [0, 0.05) is 18.5 Å². The van der Waals surface area contributed by atoms with Crippen LogP contribution in [0.1, 0.15) is 31.7 Å². The fourth-order valence-electron chi connectivity index (χ4n) is 1.87. The average molecular weight is 264 g/mol. The number of oxime groups is 1. The molecule has 19 heavy (non-hydrogen) atoms. The Morgan fingerprint density at radius 1 is 1.53 bits per heavy atom. The molecule has 1 aromatic rings. The summed E-state index contributed by atoms with van der Waals surface area (Å²) < 4.78 is 13.6. The fraction of sp³-hybridized carbons (Fsp3) is 0.429. The van der Waals surface area contributed by atoms with Crippen LogP contribution in [0.5, 0.6) is 0 Å². The molecule has 0 aliphatic carbocycles. The van der Waals surface area contributed by atoms with Crippen LogP contribution in [0.2, 0.25) is 0 Å². The molecule has 0 unspecified atom stereocenters. The molecule has 1 aliphatic rings. The van der Waals surface area contributed by atoms with Crippen LogP contribution in [-0.4, -0.2) is 24.3 Å². The van der Waals surface area contributed by atoms with E-state index in [1.54, 1.807) is 18.2 Å². The van der Waals surface area contributed by atoms with E-state index in [1.165, 1.54) is 6.07 Å². The number of benzene rings is 1. The predicted octanol–water partition coefficient (Wildman–Crippen LogP) is 2.24. The molecular formula is C14H17FN2O2. The summed E-state index contributed by atoms with van der Waals surface area (Å²) in [5.41, 5.74) is 0.875. The highest BCUT2D eigenvalue weighted by Gasteiger charge is 2.29. The van der Waals surface area contributed by atoms with Gasteiger partial charge in [-0.15, -0.1) is 0 Å². The average Bonchev–Trinajstić information content (AvgIpc) is 2.89. The maximum Gasteiger partial charge on any atom is 0.264 e. The van der Waals surface area contributed by atoms with Crippen molar-refractivity contribution >= 4 is 11.6 Å². The summed E-state index contributed by atoms with van der Waals surface area (Å²) in [4.78, 5) is 16.9. The topological polar surface area (TPSA) is 50.7 Å². The minimum atomic E-state index is -0.647. The molecule has 1 aromatic carbocycles. The first kappa shape index (κ1) is 13.5. The van der Waals surface area contributed by atoms with Gasteiger partial charge >= 0.3 is 0 Å². The number of rotatable bonds is 5. The second-order valence-electron chi connectivity index (χ2n) is 4.46. The van der Waals surface area contributed by atoms with Crippen LogP contribution in [0, 0.1) is 5.82 Å². The predicted molar refractivity (Wildman–Crippen MR) is 70.3 cm³/mol. The molecule has 0 fully saturated rings. The van der Waals surface area contributed by atoms with E-state index in [0.29, 0.717) is 24.2 Å². The Balaban J connectivity index is 1.92. The summed E-state index contributed by atoms with van der Waals surface area (Å²) in [6.07, 6.45) is 1.60. The Bertz CT molecular complexity index is 488. The van der Waals surface area contributed by atoms with Gasteiger partial charge in [-0.3, -0.25) is 4.79 Å². The summed E-state index contributed by atoms with van der Waals surface area (Å²) in [5, 5.41) is 6.59. The smallest absolute Gasteiger partial charge is 0.264 e. The first-order valence-corrected chi connectivity index (χ1v) is 6.47. The van der Waals surface area contributed by atoms with Crippen molar-refractivity contribution in [1.29, 1.82) is 0 Å². The number of halogens is 1. The number of nitrogens with one attached hydrogen (secondary N) is 1. The van der Waals surface area contributed by atoms with Gasteiger partial charge in [0.05, 0.1) is 5.71 Å². The first-order valence-electron chi connectivity index (χ1n) is 6.47. The van der Waals surface area contributed by atoms with E-state index in [-0.39, 0.29) is 11.7 Å². The van der Waals surface area contributed by atoms with Gasteiger partial charge in [0.2, 0.25) is 6.10 Å². The number of hydrogen-bond donors (Lipinski definition) is 1. The van der Waals surface area contributed by atoms with E-state index >= 15 is 0 Å². The molecule has 0 aromatic heterocycles. The normalized spacial score (nSPS) is 17.8. The highest BCUT2D eigenvalue weighted by Crippen LogP contribution is 2.18. The molecule has 4 nitrogen and oxygen atoms in total. The van der Waals surface area contributed by atoms with Gasteiger partial charge in [-0.25, -0.2) is 4.39 Å². The summed E-state index contributed by atoms with van der Waals surface area (Å²) in [7, 11) is 0. The quantitative estimate of drug-likeness (QED) is 0.829. The van der Waals surface area contributed by atoms with Gasteiger partial charge in [0.25, 0.3) is 5.91 Å². The van der Waals surface area contributed by atoms with Crippen molar-refractivity contribution in [3.63, 3.8) is 0 Å². The van der Waals surface area contributed by atoms with E-state index in [1.807, 2.05) is 0 Å². The Morgan fingerprint density at radius 3 is 3.05 bits per heavy atom. The third-order valence-electron chi connectivity index (χ3n) is 2.98. The number of unbranched alkanes of at least 4 members (excludes halogenated alkanes) is 1. The third kappa shape index (κ3) is 3.30. The highest BCUT2D eigenvalue weighted by molar-refractivity contribution is 6.04. The van der Waals surface area contributed by atoms with Crippen molar-refractivity contribution in [2.75, 3.05) is 6.54 Å². The van der Waals surface area contributed by atoms with E-state index in [9.17, 15) is 9.18 Å². The third-order valence-corrected chi connectivity index (χ3v) is 2.98. The number of hydrogen-bond acceptors (Lipinski definition) is 3. The first-order chi connectivity index (χ1) is 9.22. The van der Waals surface area contributed by atoms with Gasteiger partial charge in [0.15, 0.2) is 0 Å². The lowest BCUT2D eigenvalue weighted by molar-refractivity contribution is -0.131. The van der Waals surface area contributed by atoms with E-state index in [2.05, 4.69) is 17.4 Å². The van der Waals surface area contributed by atoms with Gasteiger partial charge in [0.1, 0.15) is 5.82 Å². The molecule has 0 spiro atoms.